The molecule has 8 nitrogen and oxygen atoms in total. The summed E-state index contributed by atoms with van der Waals surface area (Å²) >= 11 is 0. The van der Waals surface area contributed by atoms with Gasteiger partial charge in [-0.25, -0.2) is 13.9 Å². The first-order valence-electron chi connectivity index (χ1n) is 8.02. The lowest BCUT2D eigenvalue weighted by Crippen LogP contribution is -2.41. The van der Waals surface area contributed by atoms with Gasteiger partial charge in [-0.1, -0.05) is 13.8 Å². The van der Waals surface area contributed by atoms with Crippen LogP contribution in [0.2, 0.25) is 0 Å². The Balaban J connectivity index is 2.98. The van der Waals surface area contributed by atoms with Gasteiger partial charge in [0.15, 0.2) is 6.29 Å². The van der Waals surface area contributed by atoms with Crippen molar-refractivity contribution >= 4 is 15.9 Å². The van der Waals surface area contributed by atoms with E-state index in [0.717, 1.165) is 4.31 Å². The maximum Gasteiger partial charge on any atom is 0.258 e. The maximum atomic E-state index is 12.8. The summed E-state index contributed by atoms with van der Waals surface area (Å²) in [6, 6.07) is 5.88. The monoisotopic (exact) mass is 374 g/mol. The van der Waals surface area contributed by atoms with E-state index >= 15 is 0 Å². The van der Waals surface area contributed by atoms with Crippen LogP contribution in [0.25, 0.3) is 0 Å². The Labute approximate surface area is 148 Å². The van der Waals surface area contributed by atoms with Crippen molar-refractivity contribution in [2.24, 2.45) is 5.92 Å². The number of hydrogen-bond donors (Lipinski definition) is 2. The molecule has 0 aromatic heterocycles. The minimum absolute atomic E-state index is 0.0101. The van der Waals surface area contributed by atoms with Crippen molar-refractivity contribution in [3.63, 3.8) is 0 Å². The molecule has 0 radical (unpaired) electrons. The van der Waals surface area contributed by atoms with Crippen LogP contribution < -0.4 is 10.2 Å². The lowest BCUT2D eigenvalue weighted by molar-refractivity contribution is -0.129. The number of ether oxygens (including phenoxy) is 2. The normalized spacial score (nSPS) is 13.1. The first-order chi connectivity index (χ1) is 11.7. The molecule has 0 spiro atoms. The maximum absolute atomic E-state index is 12.8. The summed E-state index contributed by atoms with van der Waals surface area (Å²) in [5.74, 6) is -0.311. The van der Waals surface area contributed by atoms with Gasteiger partial charge in [0.2, 0.25) is 10.0 Å². The molecule has 0 aliphatic heterocycles. The highest BCUT2D eigenvalue weighted by molar-refractivity contribution is 7.89. The van der Waals surface area contributed by atoms with Gasteiger partial charge in [0, 0.05) is 13.2 Å². The Morgan fingerprint density at radius 2 is 1.84 bits per heavy atom. The van der Waals surface area contributed by atoms with Crippen molar-refractivity contribution in [1.82, 2.24) is 9.79 Å². The van der Waals surface area contributed by atoms with Gasteiger partial charge in [-0.15, -0.1) is 0 Å². The number of amides is 1. The number of carbonyl (C=O) groups excluding carboxylic acids is 1. The Kier molecular flexibility index (Phi) is 8.30. The van der Waals surface area contributed by atoms with Gasteiger partial charge in [-0.3, -0.25) is 10.0 Å². The van der Waals surface area contributed by atoms with Crippen LogP contribution in [0.3, 0.4) is 0 Å². The highest BCUT2D eigenvalue weighted by Gasteiger charge is 2.27. The van der Waals surface area contributed by atoms with Gasteiger partial charge < -0.3 is 9.47 Å². The number of nitrogens with one attached hydrogen (secondary N) is 1. The summed E-state index contributed by atoms with van der Waals surface area (Å²) in [5.41, 5.74) is 1.46. The Hall–Kier alpha value is -1.68. The average molecular weight is 374 g/mol. The highest BCUT2D eigenvalue weighted by atomic mass is 32.2. The molecule has 0 fully saturated rings. The quantitative estimate of drug-likeness (QED) is 0.366. The van der Waals surface area contributed by atoms with Gasteiger partial charge in [-0.05, 0) is 44.0 Å². The van der Waals surface area contributed by atoms with E-state index in [1.165, 1.54) is 29.7 Å². The molecule has 1 atom stereocenters. The van der Waals surface area contributed by atoms with E-state index in [0.29, 0.717) is 12.4 Å². The second-order valence-electron chi connectivity index (χ2n) is 5.84. The zero-order valence-electron chi connectivity index (χ0n) is 14.9. The van der Waals surface area contributed by atoms with E-state index in [1.807, 2.05) is 20.8 Å². The lowest BCUT2D eigenvalue weighted by Gasteiger charge is -2.23. The molecule has 142 valence electrons. The number of carbonyl (C=O) groups is 1. The third kappa shape index (κ3) is 6.62. The van der Waals surface area contributed by atoms with Gasteiger partial charge >= 0.3 is 0 Å². The summed E-state index contributed by atoms with van der Waals surface area (Å²) in [5, 5.41) is 8.67. The van der Waals surface area contributed by atoms with E-state index in [4.69, 9.17) is 14.7 Å². The van der Waals surface area contributed by atoms with E-state index in [2.05, 4.69) is 0 Å². The van der Waals surface area contributed by atoms with E-state index in [-0.39, 0.29) is 17.4 Å². The predicted octanol–water partition coefficient (Wildman–Crippen LogP) is 1.60. The molecule has 1 aromatic carbocycles. The molecule has 0 bridgehead atoms. The number of hydrogen-bond acceptors (Lipinski definition) is 6. The van der Waals surface area contributed by atoms with Crippen LogP contribution >= 0.6 is 0 Å². The fourth-order valence-electron chi connectivity index (χ4n) is 2.15. The Morgan fingerprint density at radius 3 is 2.32 bits per heavy atom. The van der Waals surface area contributed by atoms with E-state index in [9.17, 15) is 13.2 Å². The third-order valence-corrected chi connectivity index (χ3v) is 5.00. The van der Waals surface area contributed by atoms with Gasteiger partial charge in [-0.2, -0.15) is 4.31 Å². The number of rotatable bonds is 10. The van der Waals surface area contributed by atoms with Crippen molar-refractivity contribution in [3.8, 4) is 5.75 Å². The summed E-state index contributed by atoms with van der Waals surface area (Å²) in [4.78, 5) is 11.5. The van der Waals surface area contributed by atoms with Crippen molar-refractivity contribution in [2.75, 3.05) is 19.7 Å². The molecule has 1 amide bonds. The first kappa shape index (κ1) is 21.4. The minimum Gasteiger partial charge on any atom is -0.465 e. The van der Waals surface area contributed by atoms with Crippen LogP contribution in [-0.4, -0.2) is 49.8 Å². The topological polar surface area (TPSA) is 105 Å². The largest absolute Gasteiger partial charge is 0.465 e. The van der Waals surface area contributed by atoms with Crippen molar-refractivity contribution < 1.29 is 27.9 Å². The molecule has 1 rings (SSSR count). The van der Waals surface area contributed by atoms with Gasteiger partial charge in [0.25, 0.3) is 5.91 Å². The second-order valence-corrected chi connectivity index (χ2v) is 7.78. The molecule has 0 heterocycles. The molecule has 1 aromatic rings. The van der Waals surface area contributed by atoms with Crippen LogP contribution in [0.4, 0.5) is 0 Å². The van der Waals surface area contributed by atoms with Crippen molar-refractivity contribution in [2.45, 2.75) is 38.9 Å². The molecule has 25 heavy (non-hydrogen) atoms. The van der Waals surface area contributed by atoms with Crippen LogP contribution in [0, 0.1) is 5.92 Å². The van der Waals surface area contributed by atoms with Crippen molar-refractivity contribution in [1.29, 1.82) is 0 Å². The van der Waals surface area contributed by atoms with Gasteiger partial charge in [0.05, 0.1) is 11.4 Å². The zero-order chi connectivity index (χ0) is 19.0. The summed E-state index contributed by atoms with van der Waals surface area (Å²) < 4.78 is 37.3. The van der Waals surface area contributed by atoms with Gasteiger partial charge in [0.1, 0.15) is 5.75 Å². The first-order valence-corrected chi connectivity index (χ1v) is 9.46. The van der Waals surface area contributed by atoms with Crippen LogP contribution in [0.15, 0.2) is 29.2 Å². The smallest absolute Gasteiger partial charge is 0.258 e. The summed E-state index contributed by atoms with van der Waals surface area (Å²) in [6.07, 6.45) is -0.446. The SMILES string of the molecule is CCOC(C)Oc1ccc(S(=O)(=O)N(CC(=O)NO)CC(C)C)cc1. The second kappa shape index (κ2) is 9.71. The number of hydroxylamine groups is 1. The molecule has 0 aliphatic carbocycles. The minimum atomic E-state index is -3.88. The fourth-order valence-corrected chi connectivity index (χ4v) is 3.71. The molecule has 0 aliphatic rings. The zero-order valence-corrected chi connectivity index (χ0v) is 15.7. The van der Waals surface area contributed by atoms with Crippen LogP contribution in [0.1, 0.15) is 27.7 Å². The fraction of sp³-hybridized carbons (Fsp3) is 0.562. The Morgan fingerprint density at radius 1 is 1.24 bits per heavy atom. The average Bonchev–Trinajstić information content (AvgIpc) is 2.54. The predicted molar refractivity (Wildman–Crippen MR) is 91.7 cm³/mol. The van der Waals surface area contributed by atoms with E-state index in [1.54, 1.807) is 6.92 Å². The molecular formula is C16H26N2O6S. The van der Waals surface area contributed by atoms with Crippen LogP contribution in [-0.2, 0) is 19.6 Å². The summed E-state index contributed by atoms with van der Waals surface area (Å²) in [6.45, 7) is 7.46. The third-order valence-electron chi connectivity index (χ3n) is 3.18. The lowest BCUT2D eigenvalue weighted by atomic mass is 10.2. The molecule has 0 saturated carbocycles. The number of sulfonamides is 1. The van der Waals surface area contributed by atoms with Crippen molar-refractivity contribution in [3.05, 3.63) is 24.3 Å². The molecule has 0 saturated heterocycles. The molecular weight excluding hydrogens is 348 g/mol. The Bertz CT molecular complexity index is 645. The van der Waals surface area contributed by atoms with Crippen LogP contribution in [0.5, 0.6) is 5.75 Å². The number of nitrogens with zero attached hydrogens (tertiary/aromatic N) is 1. The molecule has 9 heteroatoms. The molecule has 1 unspecified atom stereocenters. The number of benzene rings is 1. The highest BCUT2D eigenvalue weighted by Crippen LogP contribution is 2.21. The summed E-state index contributed by atoms with van der Waals surface area (Å²) in [7, 11) is -3.88. The molecule has 2 N–H and O–H groups in total. The standard InChI is InChI=1S/C16H26N2O6S/c1-5-23-13(4)24-14-6-8-15(9-7-14)25(21,22)18(10-12(2)3)11-16(19)17-20/h6-9,12-13,20H,5,10-11H2,1-4H3,(H,17,19). The van der Waals surface area contributed by atoms with E-state index < -0.39 is 28.8 Å².